The zero-order valence-corrected chi connectivity index (χ0v) is 17.6. The van der Waals surface area contributed by atoms with Gasteiger partial charge in [-0.15, -0.1) is 0 Å². The molecule has 2 amide bonds. The second-order valence-corrected chi connectivity index (χ2v) is 7.80. The normalized spacial score (nSPS) is 11.4. The predicted octanol–water partition coefficient (Wildman–Crippen LogP) is 2.91. The number of nitrogens with one attached hydrogen (secondary N) is 1. The van der Waals surface area contributed by atoms with E-state index in [0.29, 0.717) is 12.4 Å². The highest BCUT2D eigenvalue weighted by Crippen LogP contribution is 2.26. The van der Waals surface area contributed by atoms with Crippen LogP contribution in [0.2, 0.25) is 0 Å². The lowest BCUT2D eigenvalue weighted by molar-refractivity contribution is -0.137. The van der Waals surface area contributed by atoms with E-state index >= 15 is 0 Å². The minimum atomic E-state index is -0.278. The number of anilines is 1. The van der Waals surface area contributed by atoms with Crippen LogP contribution in [0.4, 0.5) is 5.82 Å². The fourth-order valence-electron chi connectivity index (χ4n) is 2.67. The van der Waals surface area contributed by atoms with E-state index < -0.39 is 0 Å². The van der Waals surface area contributed by atoms with Crippen molar-refractivity contribution in [3.05, 3.63) is 41.6 Å². The Labute approximate surface area is 166 Å². The van der Waals surface area contributed by atoms with E-state index in [4.69, 9.17) is 9.84 Å². The molecule has 1 heterocycles. The fraction of sp³-hybridized carbons (Fsp3) is 0.476. The molecule has 1 aromatic heterocycles. The topological polar surface area (TPSA) is 76.5 Å². The molecular weight excluding hydrogens is 356 g/mol. The Hall–Kier alpha value is -2.67. The van der Waals surface area contributed by atoms with Gasteiger partial charge in [-0.3, -0.25) is 9.59 Å². The van der Waals surface area contributed by atoms with Crippen LogP contribution >= 0.6 is 0 Å². The second kappa shape index (κ2) is 9.01. The standard InChI is InChI=1S/C21H30N4O3/c1-7-24(20(27)14-28-6)13-19(26)22-18-12-17(21(3,4)5)23-25(18)16-10-8-15(2)9-11-16/h8-12H,7,13-14H2,1-6H3,(H,22,26). The molecule has 152 valence electrons. The van der Waals surface area contributed by atoms with E-state index in [9.17, 15) is 9.59 Å². The first-order valence-electron chi connectivity index (χ1n) is 9.39. The number of amides is 2. The lowest BCUT2D eigenvalue weighted by atomic mass is 9.92. The summed E-state index contributed by atoms with van der Waals surface area (Å²) in [5, 5.41) is 7.60. The quantitative estimate of drug-likeness (QED) is 0.794. The summed E-state index contributed by atoms with van der Waals surface area (Å²) < 4.78 is 6.60. The average Bonchev–Trinajstić information content (AvgIpc) is 3.04. The van der Waals surface area contributed by atoms with Crippen molar-refractivity contribution in [1.82, 2.24) is 14.7 Å². The number of rotatable bonds is 7. The maximum atomic E-state index is 12.6. The summed E-state index contributed by atoms with van der Waals surface area (Å²) in [6, 6.07) is 9.81. The van der Waals surface area contributed by atoms with Crippen molar-refractivity contribution in [3.63, 3.8) is 0 Å². The molecule has 2 aromatic rings. The molecule has 28 heavy (non-hydrogen) atoms. The largest absolute Gasteiger partial charge is 0.375 e. The highest BCUT2D eigenvalue weighted by Gasteiger charge is 2.22. The molecule has 1 aromatic carbocycles. The zero-order chi connectivity index (χ0) is 20.9. The lowest BCUT2D eigenvalue weighted by Gasteiger charge is -2.20. The third-order valence-corrected chi connectivity index (χ3v) is 4.36. The van der Waals surface area contributed by atoms with Crippen molar-refractivity contribution in [1.29, 1.82) is 0 Å². The van der Waals surface area contributed by atoms with Crippen LogP contribution in [-0.2, 0) is 19.7 Å². The van der Waals surface area contributed by atoms with Crippen LogP contribution in [0, 0.1) is 6.92 Å². The second-order valence-electron chi connectivity index (χ2n) is 7.80. The van der Waals surface area contributed by atoms with Crippen molar-refractivity contribution in [2.75, 3.05) is 32.1 Å². The minimum Gasteiger partial charge on any atom is -0.375 e. The van der Waals surface area contributed by atoms with Crippen LogP contribution in [-0.4, -0.2) is 53.3 Å². The maximum absolute atomic E-state index is 12.6. The maximum Gasteiger partial charge on any atom is 0.249 e. The molecule has 0 bridgehead atoms. The smallest absolute Gasteiger partial charge is 0.249 e. The first-order chi connectivity index (χ1) is 13.2. The molecule has 0 atom stereocenters. The lowest BCUT2D eigenvalue weighted by Crippen LogP contribution is -2.39. The first kappa shape index (κ1) is 21.6. The van der Waals surface area contributed by atoms with E-state index in [1.807, 2.05) is 44.2 Å². The number of aryl methyl sites for hydroxylation is 1. The summed E-state index contributed by atoms with van der Waals surface area (Å²) in [5.41, 5.74) is 2.71. The molecule has 1 N–H and O–H groups in total. The molecule has 0 spiro atoms. The Bertz CT molecular complexity index is 819. The van der Waals surface area contributed by atoms with Gasteiger partial charge in [0.2, 0.25) is 11.8 Å². The van der Waals surface area contributed by atoms with Gasteiger partial charge in [-0.25, -0.2) is 4.68 Å². The van der Waals surface area contributed by atoms with Crippen LogP contribution in [0.3, 0.4) is 0 Å². The summed E-state index contributed by atoms with van der Waals surface area (Å²) in [7, 11) is 1.46. The summed E-state index contributed by atoms with van der Waals surface area (Å²) >= 11 is 0. The predicted molar refractivity (Wildman–Crippen MR) is 110 cm³/mol. The molecular formula is C21H30N4O3. The van der Waals surface area contributed by atoms with Gasteiger partial charge in [0.25, 0.3) is 0 Å². The SMILES string of the molecule is CCN(CC(=O)Nc1cc(C(C)(C)C)nn1-c1ccc(C)cc1)C(=O)COC. The number of benzene rings is 1. The van der Waals surface area contributed by atoms with Crippen LogP contribution in [0.1, 0.15) is 39.0 Å². The number of nitrogens with zero attached hydrogens (tertiary/aromatic N) is 3. The molecule has 0 radical (unpaired) electrons. The molecule has 7 nitrogen and oxygen atoms in total. The average molecular weight is 386 g/mol. The van der Waals surface area contributed by atoms with Gasteiger partial charge >= 0.3 is 0 Å². The van der Waals surface area contributed by atoms with Gasteiger partial charge in [0.05, 0.1) is 17.9 Å². The fourth-order valence-corrected chi connectivity index (χ4v) is 2.67. The molecule has 0 fully saturated rings. The minimum absolute atomic E-state index is 0.0391. The Kier molecular flexibility index (Phi) is 6.96. The molecule has 0 saturated carbocycles. The Morgan fingerprint density at radius 1 is 1.21 bits per heavy atom. The van der Waals surface area contributed by atoms with Crippen molar-refractivity contribution in [3.8, 4) is 5.69 Å². The van der Waals surface area contributed by atoms with Crippen molar-refractivity contribution >= 4 is 17.6 Å². The number of hydrogen-bond donors (Lipinski definition) is 1. The van der Waals surface area contributed by atoms with Crippen LogP contribution in [0.5, 0.6) is 0 Å². The van der Waals surface area contributed by atoms with Crippen molar-refractivity contribution in [2.45, 2.75) is 40.0 Å². The molecule has 0 aliphatic carbocycles. The third kappa shape index (κ3) is 5.42. The number of likely N-dealkylation sites (N-methyl/N-ethyl adjacent to an activating group) is 1. The van der Waals surface area contributed by atoms with Crippen molar-refractivity contribution < 1.29 is 14.3 Å². The molecule has 0 aliphatic rings. The van der Waals surface area contributed by atoms with E-state index in [1.54, 1.807) is 4.68 Å². The summed E-state index contributed by atoms with van der Waals surface area (Å²) in [6.45, 7) is 10.4. The molecule has 0 unspecified atom stereocenters. The first-order valence-corrected chi connectivity index (χ1v) is 9.39. The summed E-state index contributed by atoms with van der Waals surface area (Å²) in [5.74, 6) is 0.0802. The van der Waals surface area contributed by atoms with E-state index in [1.165, 1.54) is 12.0 Å². The summed E-state index contributed by atoms with van der Waals surface area (Å²) in [4.78, 5) is 26.1. The van der Waals surface area contributed by atoms with Crippen molar-refractivity contribution in [2.24, 2.45) is 0 Å². The third-order valence-electron chi connectivity index (χ3n) is 4.36. The molecule has 0 aliphatic heterocycles. The van der Waals surface area contributed by atoms with Crippen LogP contribution < -0.4 is 5.32 Å². The van der Waals surface area contributed by atoms with E-state index in [2.05, 4.69) is 26.1 Å². The number of hydrogen-bond acceptors (Lipinski definition) is 4. The molecule has 7 heteroatoms. The van der Waals surface area contributed by atoms with Crippen LogP contribution in [0.15, 0.2) is 30.3 Å². The molecule has 2 rings (SSSR count). The highest BCUT2D eigenvalue weighted by atomic mass is 16.5. The number of carbonyl (C=O) groups is 2. The van der Waals surface area contributed by atoms with Gasteiger partial charge in [0.15, 0.2) is 0 Å². The number of aromatic nitrogens is 2. The van der Waals surface area contributed by atoms with Gasteiger partial charge in [-0.1, -0.05) is 38.5 Å². The Morgan fingerprint density at radius 3 is 2.39 bits per heavy atom. The summed E-state index contributed by atoms with van der Waals surface area (Å²) in [6.07, 6.45) is 0. The monoisotopic (exact) mass is 386 g/mol. The van der Waals surface area contributed by atoms with Gasteiger partial charge in [0, 0.05) is 25.1 Å². The van der Waals surface area contributed by atoms with Gasteiger partial charge < -0.3 is 15.0 Å². The van der Waals surface area contributed by atoms with Gasteiger partial charge in [0.1, 0.15) is 12.4 Å². The molecule has 0 saturated heterocycles. The van der Waals surface area contributed by atoms with E-state index in [-0.39, 0.29) is 30.4 Å². The van der Waals surface area contributed by atoms with Crippen LogP contribution in [0.25, 0.3) is 5.69 Å². The number of methoxy groups -OCH3 is 1. The highest BCUT2D eigenvalue weighted by molar-refractivity contribution is 5.94. The number of carbonyl (C=O) groups excluding carboxylic acids is 2. The van der Waals surface area contributed by atoms with E-state index in [0.717, 1.165) is 16.9 Å². The zero-order valence-electron chi connectivity index (χ0n) is 17.6. The number of ether oxygens (including phenoxy) is 1. The Balaban J connectivity index is 2.28. The Morgan fingerprint density at radius 2 is 1.86 bits per heavy atom. The van der Waals surface area contributed by atoms with Gasteiger partial charge in [-0.2, -0.15) is 5.10 Å². The van der Waals surface area contributed by atoms with Gasteiger partial charge in [-0.05, 0) is 26.0 Å².